The van der Waals surface area contributed by atoms with Crippen LogP contribution in [-0.4, -0.2) is 25.7 Å². The molecule has 0 spiro atoms. The predicted molar refractivity (Wildman–Crippen MR) is 66.3 cm³/mol. The Bertz CT molecular complexity index is 393. The van der Waals surface area contributed by atoms with Crippen LogP contribution in [0.15, 0.2) is 18.2 Å². The molecular weight excluding hydrogens is 242 g/mol. The van der Waals surface area contributed by atoms with Crippen molar-refractivity contribution in [3.05, 3.63) is 28.8 Å². The van der Waals surface area contributed by atoms with Gasteiger partial charge in [0.1, 0.15) is 11.8 Å². The maximum absolute atomic E-state index is 11.1. The van der Waals surface area contributed by atoms with E-state index in [4.69, 9.17) is 26.8 Å². The topological polar surface area (TPSA) is 61.5 Å². The smallest absolute Gasteiger partial charge is 0.322 e. The predicted octanol–water partition coefficient (Wildman–Crippen LogP) is 1.78. The van der Waals surface area contributed by atoms with Gasteiger partial charge in [-0.3, -0.25) is 4.79 Å². The van der Waals surface area contributed by atoms with Crippen LogP contribution in [-0.2, 0) is 16.0 Å². The summed E-state index contributed by atoms with van der Waals surface area (Å²) < 4.78 is 10.0. The van der Waals surface area contributed by atoms with Crippen LogP contribution < -0.4 is 10.5 Å². The highest BCUT2D eigenvalue weighted by molar-refractivity contribution is 6.31. The number of hydrogen-bond donors (Lipinski definition) is 1. The lowest BCUT2D eigenvalue weighted by atomic mass is 10.1. The summed E-state index contributed by atoms with van der Waals surface area (Å²) in [5.41, 5.74) is 6.27. The van der Waals surface area contributed by atoms with Gasteiger partial charge in [0, 0.05) is 11.4 Å². The Labute approximate surface area is 106 Å². The van der Waals surface area contributed by atoms with E-state index in [2.05, 4.69) is 0 Å². The number of ether oxygens (including phenoxy) is 2. The summed E-state index contributed by atoms with van der Waals surface area (Å²) in [6.45, 7) is 1.86. The van der Waals surface area contributed by atoms with Crippen molar-refractivity contribution in [1.82, 2.24) is 0 Å². The number of carbonyl (C=O) groups is 1. The van der Waals surface area contributed by atoms with Gasteiger partial charge >= 0.3 is 5.97 Å². The number of nitrogens with two attached hydrogens (primary N) is 1. The van der Waals surface area contributed by atoms with Crippen molar-refractivity contribution in [3.63, 3.8) is 0 Å². The molecule has 0 heterocycles. The first-order valence-corrected chi connectivity index (χ1v) is 5.67. The van der Waals surface area contributed by atoms with Crippen LogP contribution in [0, 0.1) is 0 Å². The van der Waals surface area contributed by atoms with Gasteiger partial charge in [-0.1, -0.05) is 17.7 Å². The zero-order valence-electron chi connectivity index (χ0n) is 9.90. The molecule has 0 fully saturated rings. The molecule has 5 heteroatoms. The van der Waals surface area contributed by atoms with Gasteiger partial charge in [-0.2, -0.15) is 0 Å². The summed E-state index contributed by atoms with van der Waals surface area (Å²) in [5.74, 6) is 0.293. The van der Waals surface area contributed by atoms with Gasteiger partial charge in [0.25, 0.3) is 0 Å². The summed E-state index contributed by atoms with van der Waals surface area (Å²) in [5, 5.41) is 0.598. The van der Waals surface area contributed by atoms with E-state index in [1.165, 1.54) is 0 Å². The van der Waals surface area contributed by atoms with Gasteiger partial charge < -0.3 is 15.2 Å². The summed E-state index contributed by atoms with van der Waals surface area (Å²) in [6, 6.07) is 4.79. The molecule has 0 aliphatic carbocycles. The van der Waals surface area contributed by atoms with Crippen molar-refractivity contribution >= 4 is 17.6 Å². The van der Waals surface area contributed by atoms with Crippen LogP contribution in [0.1, 0.15) is 12.5 Å². The number of carbonyl (C=O) groups excluding carboxylic acids is 1. The monoisotopic (exact) mass is 257 g/mol. The number of methoxy groups -OCH3 is 1. The Balaban J connectivity index is 2.50. The minimum absolute atomic E-state index is 0.270. The van der Waals surface area contributed by atoms with E-state index in [1.54, 1.807) is 20.1 Å². The summed E-state index contributed by atoms with van der Waals surface area (Å²) in [4.78, 5) is 11.1. The van der Waals surface area contributed by atoms with Crippen molar-refractivity contribution in [2.75, 3.05) is 13.7 Å². The standard InChI is InChI=1S/C12H16ClNO3/c1-8(14)12(15)17-6-5-9-3-4-10(16-2)7-11(9)13/h3-4,7-8H,5-6,14H2,1-2H3. The van der Waals surface area contributed by atoms with Crippen LogP contribution in [0.5, 0.6) is 5.75 Å². The highest BCUT2D eigenvalue weighted by atomic mass is 35.5. The Morgan fingerprint density at radius 2 is 2.24 bits per heavy atom. The molecule has 2 N–H and O–H groups in total. The first kappa shape index (κ1) is 13.8. The average Bonchev–Trinajstić information content (AvgIpc) is 2.30. The highest BCUT2D eigenvalue weighted by Gasteiger charge is 2.09. The van der Waals surface area contributed by atoms with E-state index >= 15 is 0 Å². The lowest BCUT2D eigenvalue weighted by Gasteiger charge is -2.09. The third-order valence-electron chi connectivity index (χ3n) is 2.25. The van der Waals surface area contributed by atoms with Crippen molar-refractivity contribution in [2.24, 2.45) is 5.73 Å². The molecule has 0 aromatic heterocycles. The van der Waals surface area contributed by atoms with E-state index in [0.29, 0.717) is 17.2 Å². The summed E-state index contributed by atoms with van der Waals surface area (Å²) in [6.07, 6.45) is 0.557. The lowest BCUT2D eigenvalue weighted by Crippen LogP contribution is -2.29. The normalized spacial score (nSPS) is 12.0. The average molecular weight is 258 g/mol. The molecule has 4 nitrogen and oxygen atoms in total. The maximum atomic E-state index is 11.1. The molecule has 0 aliphatic rings. The van der Waals surface area contributed by atoms with Crippen LogP contribution in [0.4, 0.5) is 0 Å². The quantitative estimate of drug-likeness (QED) is 0.817. The number of halogens is 1. The molecule has 0 amide bonds. The second-order valence-electron chi connectivity index (χ2n) is 3.66. The molecule has 1 aromatic carbocycles. The zero-order valence-corrected chi connectivity index (χ0v) is 10.7. The Kier molecular flexibility index (Phi) is 5.25. The van der Waals surface area contributed by atoms with Gasteiger partial charge in [0.2, 0.25) is 0 Å². The van der Waals surface area contributed by atoms with Gasteiger partial charge in [-0.15, -0.1) is 0 Å². The molecule has 0 saturated heterocycles. The molecule has 1 atom stereocenters. The molecule has 0 aliphatic heterocycles. The molecule has 0 saturated carbocycles. The molecule has 1 unspecified atom stereocenters. The highest BCUT2D eigenvalue weighted by Crippen LogP contribution is 2.22. The summed E-state index contributed by atoms with van der Waals surface area (Å²) in [7, 11) is 1.58. The minimum atomic E-state index is -0.596. The Hall–Kier alpha value is -1.26. The van der Waals surface area contributed by atoms with Gasteiger partial charge in [0.15, 0.2) is 0 Å². The molecule has 0 bridgehead atoms. The fraction of sp³-hybridized carbons (Fsp3) is 0.417. The molecule has 1 aromatic rings. The number of hydrogen-bond acceptors (Lipinski definition) is 4. The fourth-order valence-corrected chi connectivity index (χ4v) is 1.52. The zero-order chi connectivity index (χ0) is 12.8. The fourth-order valence-electron chi connectivity index (χ4n) is 1.25. The van der Waals surface area contributed by atoms with Crippen LogP contribution in [0.2, 0.25) is 5.02 Å². The first-order chi connectivity index (χ1) is 8.04. The van der Waals surface area contributed by atoms with Gasteiger partial charge in [0.05, 0.1) is 13.7 Å². The number of benzene rings is 1. The molecular formula is C12H16ClNO3. The second-order valence-corrected chi connectivity index (χ2v) is 4.07. The minimum Gasteiger partial charge on any atom is -0.497 e. The molecule has 1 rings (SSSR count). The van der Waals surface area contributed by atoms with Gasteiger partial charge in [-0.25, -0.2) is 0 Å². The molecule has 0 radical (unpaired) electrons. The second kappa shape index (κ2) is 6.47. The Morgan fingerprint density at radius 3 is 2.76 bits per heavy atom. The van der Waals surface area contributed by atoms with Crippen LogP contribution >= 0.6 is 11.6 Å². The first-order valence-electron chi connectivity index (χ1n) is 5.29. The van der Waals surface area contributed by atoms with Gasteiger partial charge in [-0.05, 0) is 24.6 Å². The SMILES string of the molecule is COc1ccc(CCOC(=O)C(C)N)c(Cl)c1. The van der Waals surface area contributed by atoms with Crippen molar-refractivity contribution in [3.8, 4) is 5.75 Å². The largest absolute Gasteiger partial charge is 0.497 e. The van der Waals surface area contributed by atoms with Crippen LogP contribution in [0.3, 0.4) is 0 Å². The van der Waals surface area contributed by atoms with Crippen molar-refractivity contribution < 1.29 is 14.3 Å². The molecule has 94 valence electrons. The summed E-state index contributed by atoms with van der Waals surface area (Å²) >= 11 is 6.04. The van der Waals surface area contributed by atoms with Crippen molar-refractivity contribution in [1.29, 1.82) is 0 Å². The van der Waals surface area contributed by atoms with E-state index in [0.717, 1.165) is 5.56 Å². The number of rotatable bonds is 5. The van der Waals surface area contributed by atoms with E-state index in [1.807, 2.05) is 12.1 Å². The van der Waals surface area contributed by atoms with E-state index in [9.17, 15) is 4.79 Å². The van der Waals surface area contributed by atoms with Crippen molar-refractivity contribution in [2.45, 2.75) is 19.4 Å². The van der Waals surface area contributed by atoms with E-state index < -0.39 is 12.0 Å². The maximum Gasteiger partial charge on any atom is 0.322 e. The lowest BCUT2D eigenvalue weighted by molar-refractivity contribution is -0.144. The third-order valence-corrected chi connectivity index (χ3v) is 2.60. The van der Waals surface area contributed by atoms with E-state index in [-0.39, 0.29) is 6.61 Å². The number of esters is 1. The van der Waals surface area contributed by atoms with Crippen LogP contribution in [0.25, 0.3) is 0 Å². The third kappa shape index (κ3) is 4.24. The molecule has 17 heavy (non-hydrogen) atoms. The Morgan fingerprint density at radius 1 is 1.53 bits per heavy atom.